The van der Waals surface area contributed by atoms with Gasteiger partial charge in [0.15, 0.2) is 5.11 Å². The number of nitrogens with zero attached hydrogens (tertiary/aromatic N) is 4. The summed E-state index contributed by atoms with van der Waals surface area (Å²) in [5.74, 6) is 2.42. The number of hydrogen-bond acceptors (Lipinski definition) is 6. The lowest BCUT2D eigenvalue weighted by Crippen LogP contribution is -2.37. The lowest BCUT2D eigenvalue weighted by atomic mass is 10.1. The molecule has 1 aromatic heterocycles. The Kier molecular flexibility index (Phi) is 6.41. The summed E-state index contributed by atoms with van der Waals surface area (Å²) in [4.78, 5) is 14.1. The van der Waals surface area contributed by atoms with Crippen molar-refractivity contribution in [3.8, 4) is 0 Å². The van der Waals surface area contributed by atoms with Gasteiger partial charge in [0.25, 0.3) is 0 Å². The second-order valence-electron chi connectivity index (χ2n) is 7.43. The molecule has 0 aliphatic carbocycles. The number of anilines is 3. The minimum absolute atomic E-state index is 0.0941. The van der Waals surface area contributed by atoms with Crippen LogP contribution < -0.4 is 20.4 Å². The van der Waals surface area contributed by atoms with Gasteiger partial charge in [-0.25, -0.2) is 0 Å². The second kappa shape index (κ2) is 9.37. The maximum absolute atomic E-state index is 5.54. The van der Waals surface area contributed by atoms with Crippen LogP contribution in [-0.2, 0) is 4.74 Å². The van der Waals surface area contributed by atoms with Crippen molar-refractivity contribution in [3.63, 3.8) is 0 Å². The highest BCUT2D eigenvalue weighted by atomic mass is 32.1. The Labute approximate surface area is 177 Å². The lowest BCUT2D eigenvalue weighted by molar-refractivity contribution is 0.122. The van der Waals surface area contributed by atoms with Crippen molar-refractivity contribution in [2.75, 3.05) is 54.5 Å². The van der Waals surface area contributed by atoms with Gasteiger partial charge in [0.1, 0.15) is 11.6 Å². The maximum Gasteiger partial charge on any atom is 0.232 e. The third-order valence-corrected chi connectivity index (χ3v) is 5.56. The molecule has 2 saturated heterocycles. The van der Waals surface area contributed by atoms with Crippen LogP contribution >= 0.6 is 12.2 Å². The van der Waals surface area contributed by atoms with Gasteiger partial charge in [0, 0.05) is 32.2 Å². The van der Waals surface area contributed by atoms with Gasteiger partial charge in [0.2, 0.25) is 5.95 Å². The first-order valence-corrected chi connectivity index (χ1v) is 10.7. The van der Waals surface area contributed by atoms with Crippen molar-refractivity contribution < 1.29 is 4.74 Å². The van der Waals surface area contributed by atoms with E-state index < -0.39 is 0 Å². The van der Waals surface area contributed by atoms with Crippen LogP contribution in [0.15, 0.2) is 36.4 Å². The van der Waals surface area contributed by atoms with Crippen LogP contribution in [0.1, 0.15) is 31.4 Å². The number of thiocarbonyl (C=S) groups is 1. The summed E-state index contributed by atoms with van der Waals surface area (Å²) in [6.07, 6.45) is 2.41. The second-order valence-corrected chi connectivity index (χ2v) is 7.84. The van der Waals surface area contributed by atoms with Crippen LogP contribution in [0.3, 0.4) is 0 Å². The molecule has 2 N–H and O–H groups in total. The number of hydrogen-bond donors (Lipinski definition) is 2. The molecule has 1 aromatic carbocycles. The fraction of sp³-hybridized carbons (Fsp3) is 0.476. The zero-order chi connectivity index (χ0) is 20.1. The van der Waals surface area contributed by atoms with Gasteiger partial charge in [-0.1, -0.05) is 30.3 Å². The molecule has 154 valence electrons. The van der Waals surface area contributed by atoms with Crippen LogP contribution in [0.5, 0.6) is 0 Å². The third-order valence-electron chi connectivity index (χ3n) is 5.34. The highest BCUT2D eigenvalue weighted by molar-refractivity contribution is 7.80. The monoisotopic (exact) mass is 412 g/mol. The van der Waals surface area contributed by atoms with Crippen LogP contribution in [0, 0.1) is 0 Å². The number of rotatable bonds is 5. The predicted molar refractivity (Wildman–Crippen MR) is 121 cm³/mol. The standard InChI is InChI=1S/C21H28N6OS/c1-16(17-7-3-2-4-8-17)22-21(29)25-20-23-18(26-9-5-6-10-26)15-19(24-20)27-11-13-28-14-12-27/h2-4,7-8,15-16H,5-6,9-14H2,1H3,(H2,22,23,24,25,29)/t16-/m0/s1. The highest BCUT2D eigenvalue weighted by Crippen LogP contribution is 2.25. The van der Waals surface area contributed by atoms with E-state index in [0.717, 1.165) is 51.0 Å². The Balaban J connectivity index is 1.50. The zero-order valence-corrected chi connectivity index (χ0v) is 17.6. The molecule has 2 aliphatic heterocycles. The first-order valence-electron chi connectivity index (χ1n) is 10.3. The van der Waals surface area contributed by atoms with Gasteiger partial charge in [-0.05, 0) is 37.5 Å². The molecule has 0 saturated carbocycles. The van der Waals surface area contributed by atoms with Crippen molar-refractivity contribution in [1.82, 2.24) is 15.3 Å². The number of morpholine rings is 1. The summed E-state index contributed by atoms with van der Waals surface area (Å²) in [6, 6.07) is 12.4. The van der Waals surface area contributed by atoms with E-state index in [1.807, 2.05) is 18.2 Å². The van der Waals surface area contributed by atoms with E-state index in [1.165, 1.54) is 18.4 Å². The summed E-state index contributed by atoms with van der Waals surface area (Å²) < 4.78 is 5.49. The van der Waals surface area contributed by atoms with Crippen molar-refractivity contribution in [2.45, 2.75) is 25.8 Å². The van der Waals surface area contributed by atoms with E-state index in [2.05, 4.69) is 45.6 Å². The number of benzene rings is 1. The Morgan fingerprint density at radius 3 is 2.28 bits per heavy atom. The van der Waals surface area contributed by atoms with E-state index in [0.29, 0.717) is 11.1 Å². The Morgan fingerprint density at radius 2 is 1.62 bits per heavy atom. The molecular weight excluding hydrogens is 384 g/mol. The van der Waals surface area contributed by atoms with E-state index >= 15 is 0 Å². The predicted octanol–water partition coefficient (Wildman–Crippen LogP) is 2.96. The average molecular weight is 413 g/mol. The third kappa shape index (κ3) is 5.13. The van der Waals surface area contributed by atoms with E-state index in [1.54, 1.807) is 0 Å². The van der Waals surface area contributed by atoms with Crippen molar-refractivity contribution in [3.05, 3.63) is 42.0 Å². The number of ether oxygens (including phenoxy) is 1. The topological polar surface area (TPSA) is 65.6 Å². The fourth-order valence-corrected chi connectivity index (χ4v) is 3.97. The molecule has 2 fully saturated rings. The molecule has 3 heterocycles. The Hall–Kier alpha value is -2.45. The lowest BCUT2D eigenvalue weighted by Gasteiger charge is -2.29. The molecular formula is C21H28N6OS. The Morgan fingerprint density at radius 1 is 1.00 bits per heavy atom. The maximum atomic E-state index is 5.54. The van der Waals surface area contributed by atoms with Gasteiger partial charge in [-0.3, -0.25) is 0 Å². The summed E-state index contributed by atoms with van der Waals surface area (Å²) in [6.45, 7) is 7.28. The number of aromatic nitrogens is 2. The smallest absolute Gasteiger partial charge is 0.232 e. The largest absolute Gasteiger partial charge is 0.378 e. The van der Waals surface area contributed by atoms with Crippen molar-refractivity contribution in [1.29, 1.82) is 0 Å². The van der Waals surface area contributed by atoms with Gasteiger partial charge in [-0.15, -0.1) is 0 Å². The van der Waals surface area contributed by atoms with E-state index in [9.17, 15) is 0 Å². The van der Waals surface area contributed by atoms with Gasteiger partial charge in [0.05, 0.1) is 19.3 Å². The van der Waals surface area contributed by atoms with E-state index in [-0.39, 0.29) is 6.04 Å². The Bertz CT molecular complexity index is 821. The molecule has 1 atom stereocenters. The zero-order valence-electron chi connectivity index (χ0n) is 16.8. The highest BCUT2D eigenvalue weighted by Gasteiger charge is 2.20. The molecule has 0 spiro atoms. The first-order chi connectivity index (χ1) is 14.2. The molecule has 0 radical (unpaired) electrons. The summed E-state index contributed by atoms with van der Waals surface area (Å²) in [5, 5.41) is 7.05. The molecule has 0 unspecified atom stereocenters. The van der Waals surface area contributed by atoms with Crippen molar-refractivity contribution in [2.24, 2.45) is 0 Å². The van der Waals surface area contributed by atoms with E-state index in [4.69, 9.17) is 26.9 Å². The van der Waals surface area contributed by atoms with Gasteiger partial charge >= 0.3 is 0 Å². The molecule has 0 amide bonds. The van der Waals surface area contributed by atoms with Gasteiger partial charge in [-0.2, -0.15) is 9.97 Å². The van der Waals surface area contributed by atoms with Crippen molar-refractivity contribution >= 4 is 34.9 Å². The summed E-state index contributed by atoms with van der Waals surface area (Å²) in [7, 11) is 0. The fourth-order valence-electron chi connectivity index (χ4n) is 3.70. The molecule has 0 bridgehead atoms. The average Bonchev–Trinajstić information content (AvgIpc) is 3.30. The minimum Gasteiger partial charge on any atom is -0.378 e. The van der Waals surface area contributed by atoms with Crippen LogP contribution in [0.4, 0.5) is 17.6 Å². The summed E-state index contributed by atoms with van der Waals surface area (Å²) >= 11 is 5.54. The number of nitrogens with one attached hydrogen (secondary N) is 2. The normalized spacial score (nSPS) is 17.8. The van der Waals surface area contributed by atoms with Gasteiger partial charge < -0.3 is 25.2 Å². The quantitative estimate of drug-likeness (QED) is 0.727. The molecule has 2 aromatic rings. The molecule has 7 nitrogen and oxygen atoms in total. The summed E-state index contributed by atoms with van der Waals surface area (Å²) in [5.41, 5.74) is 1.18. The van der Waals surface area contributed by atoms with Crippen LogP contribution in [0.2, 0.25) is 0 Å². The van der Waals surface area contributed by atoms with Crippen LogP contribution in [0.25, 0.3) is 0 Å². The first kappa shape index (κ1) is 19.8. The SMILES string of the molecule is C[C@H](NC(=S)Nc1nc(N2CCCC2)cc(N2CCOCC2)n1)c1ccccc1. The molecule has 2 aliphatic rings. The molecule has 29 heavy (non-hydrogen) atoms. The molecule has 8 heteroatoms. The molecule has 4 rings (SSSR count). The minimum atomic E-state index is 0.0941. The van der Waals surface area contributed by atoms with Crippen LogP contribution in [-0.4, -0.2) is 54.5 Å².